The Morgan fingerprint density at radius 1 is 1.26 bits per heavy atom. The van der Waals surface area contributed by atoms with Crippen molar-refractivity contribution in [2.75, 3.05) is 24.5 Å². The zero-order valence-electron chi connectivity index (χ0n) is 10.7. The van der Waals surface area contributed by atoms with Gasteiger partial charge in [0.25, 0.3) is 0 Å². The summed E-state index contributed by atoms with van der Waals surface area (Å²) in [5, 5.41) is 0. The predicted octanol–water partition coefficient (Wildman–Crippen LogP) is 1.86. The molecule has 0 aliphatic rings. The van der Waals surface area contributed by atoms with Gasteiger partial charge in [0.1, 0.15) is 0 Å². The van der Waals surface area contributed by atoms with Gasteiger partial charge in [-0.25, -0.2) is 8.42 Å². The number of hydrogen-bond donors (Lipinski definition) is 1. The number of rotatable bonds is 7. The third kappa shape index (κ3) is 3.63. The smallest absolute Gasteiger partial charge is 0.341 e. The van der Waals surface area contributed by atoms with Crippen LogP contribution in [0.3, 0.4) is 0 Å². The number of hydrogen-bond acceptors (Lipinski definition) is 4. The van der Waals surface area contributed by atoms with E-state index < -0.39 is 15.6 Å². The molecule has 0 spiro atoms. The molecule has 0 saturated heterocycles. The summed E-state index contributed by atoms with van der Waals surface area (Å²) in [7, 11) is -4.61. The van der Waals surface area contributed by atoms with Crippen LogP contribution >= 0.6 is 0 Å². The van der Waals surface area contributed by atoms with Gasteiger partial charge in [0.2, 0.25) is 9.84 Å². The number of nitrogens with zero attached hydrogens (tertiary/aromatic N) is 1. The van der Waals surface area contributed by atoms with Crippen LogP contribution in [-0.4, -0.2) is 33.8 Å². The van der Waals surface area contributed by atoms with Crippen molar-refractivity contribution in [1.82, 2.24) is 0 Å². The minimum Gasteiger partial charge on any atom is -0.369 e. The van der Waals surface area contributed by atoms with Crippen molar-refractivity contribution in [3.8, 4) is 0 Å². The number of anilines is 1. The summed E-state index contributed by atoms with van der Waals surface area (Å²) in [6, 6.07) is 5.79. The van der Waals surface area contributed by atoms with Crippen LogP contribution in [0.15, 0.2) is 29.2 Å². The van der Waals surface area contributed by atoms with Crippen molar-refractivity contribution in [3.63, 3.8) is 0 Å². The first kappa shape index (κ1) is 15.8. The zero-order chi connectivity index (χ0) is 14.5. The molecule has 4 nitrogen and oxygen atoms in total. The molecule has 108 valence electrons. The van der Waals surface area contributed by atoms with E-state index in [1.807, 2.05) is 6.92 Å². The maximum Gasteiger partial charge on any atom is 0.341 e. The highest BCUT2D eigenvalue weighted by Crippen LogP contribution is 2.29. The molecule has 0 unspecified atom stereocenters. The number of para-hydroxylation sites is 1. The Balaban J connectivity index is 3.28. The van der Waals surface area contributed by atoms with Crippen molar-refractivity contribution < 1.29 is 17.2 Å². The molecular weight excluding hydrogens is 274 g/mol. The summed E-state index contributed by atoms with van der Waals surface area (Å²) in [6.07, 6.45) is 0.767. The average Bonchev–Trinajstić information content (AvgIpc) is 2.38. The summed E-state index contributed by atoms with van der Waals surface area (Å²) < 4.78 is 48.7. The fourth-order valence-electron chi connectivity index (χ4n) is 1.83. The van der Waals surface area contributed by atoms with Gasteiger partial charge in [-0.1, -0.05) is 19.1 Å². The van der Waals surface area contributed by atoms with E-state index in [4.69, 9.17) is 5.73 Å². The number of nitrogens with two attached hydrogens (primary N) is 1. The third-order valence-corrected chi connectivity index (χ3v) is 4.07. The van der Waals surface area contributed by atoms with E-state index in [2.05, 4.69) is 0 Å². The minimum absolute atomic E-state index is 0.287. The number of halogens is 2. The van der Waals surface area contributed by atoms with E-state index in [1.54, 1.807) is 11.0 Å². The number of benzene rings is 1. The van der Waals surface area contributed by atoms with Crippen LogP contribution in [-0.2, 0) is 9.84 Å². The molecule has 0 radical (unpaired) electrons. The van der Waals surface area contributed by atoms with Gasteiger partial charge in [0, 0.05) is 19.6 Å². The van der Waals surface area contributed by atoms with Crippen molar-refractivity contribution in [2.45, 2.75) is 24.0 Å². The van der Waals surface area contributed by atoms with E-state index >= 15 is 0 Å². The molecule has 1 aromatic carbocycles. The van der Waals surface area contributed by atoms with E-state index in [1.165, 1.54) is 18.2 Å². The average molecular weight is 292 g/mol. The molecular formula is C12H18F2N2O2S. The Labute approximate surface area is 112 Å². The molecule has 2 N–H and O–H groups in total. The van der Waals surface area contributed by atoms with Gasteiger partial charge < -0.3 is 10.6 Å². The lowest BCUT2D eigenvalue weighted by atomic mass is 10.2. The molecule has 0 heterocycles. The summed E-state index contributed by atoms with van der Waals surface area (Å²) >= 11 is 0. The molecule has 0 aliphatic carbocycles. The van der Waals surface area contributed by atoms with Crippen molar-refractivity contribution in [1.29, 1.82) is 0 Å². The molecule has 19 heavy (non-hydrogen) atoms. The monoisotopic (exact) mass is 292 g/mol. The second-order valence-electron chi connectivity index (χ2n) is 4.05. The maximum atomic E-state index is 12.7. The Kier molecular flexibility index (Phi) is 5.68. The summed E-state index contributed by atoms with van der Waals surface area (Å²) in [6.45, 7) is 3.23. The lowest BCUT2D eigenvalue weighted by molar-refractivity contribution is 0.235. The number of alkyl halides is 2. The lowest BCUT2D eigenvalue weighted by Gasteiger charge is -2.25. The SMILES string of the molecule is CCCN(CCN)c1ccccc1S(=O)(=O)C(F)F. The molecule has 0 amide bonds. The molecule has 0 saturated carbocycles. The first-order valence-corrected chi connectivity index (χ1v) is 7.55. The Hall–Kier alpha value is -1.21. The normalized spacial score (nSPS) is 11.8. The van der Waals surface area contributed by atoms with Gasteiger partial charge in [-0.15, -0.1) is 0 Å². The molecule has 0 fully saturated rings. The molecule has 0 atom stereocenters. The Morgan fingerprint density at radius 2 is 1.89 bits per heavy atom. The molecule has 0 aliphatic heterocycles. The second-order valence-corrected chi connectivity index (χ2v) is 5.94. The fraction of sp³-hybridized carbons (Fsp3) is 0.500. The summed E-state index contributed by atoms with van der Waals surface area (Å²) in [4.78, 5) is 1.38. The quantitative estimate of drug-likeness (QED) is 0.833. The van der Waals surface area contributed by atoms with Gasteiger partial charge >= 0.3 is 5.76 Å². The largest absolute Gasteiger partial charge is 0.369 e. The molecule has 7 heteroatoms. The lowest BCUT2D eigenvalue weighted by Crippen LogP contribution is -2.31. The van der Waals surface area contributed by atoms with Crippen LogP contribution in [0.2, 0.25) is 0 Å². The first-order chi connectivity index (χ1) is 8.95. The Morgan fingerprint density at radius 3 is 2.42 bits per heavy atom. The van der Waals surface area contributed by atoms with Crippen molar-refractivity contribution >= 4 is 15.5 Å². The van der Waals surface area contributed by atoms with Gasteiger partial charge in [-0.3, -0.25) is 0 Å². The fourth-order valence-corrected chi connectivity index (χ4v) is 2.78. The first-order valence-electron chi connectivity index (χ1n) is 6.01. The summed E-state index contributed by atoms with van der Waals surface area (Å²) in [5.74, 6) is -3.42. The van der Waals surface area contributed by atoms with Crippen LogP contribution in [0.5, 0.6) is 0 Å². The topological polar surface area (TPSA) is 63.4 Å². The highest BCUT2D eigenvalue weighted by molar-refractivity contribution is 7.91. The highest BCUT2D eigenvalue weighted by Gasteiger charge is 2.30. The molecule has 0 bridgehead atoms. The molecule has 1 rings (SSSR count). The van der Waals surface area contributed by atoms with Crippen LogP contribution in [0.1, 0.15) is 13.3 Å². The van der Waals surface area contributed by atoms with E-state index in [0.717, 1.165) is 6.42 Å². The van der Waals surface area contributed by atoms with Crippen LogP contribution in [0, 0.1) is 0 Å². The van der Waals surface area contributed by atoms with Gasteiger partial charge in [0.05, 0.1) is 10.6 Å². The van der Waals surface area contributed by atoms with Gasteiger partial charge in [-0.05, 0) is 18.6 Å². The van der Waals surface area contributed by atoms with Crippen LogP contribution in [0.4, 0.5) is 14.5 Å². The van der Waals surface area contributed by atoms with E-state index in [-0.39, 0.29) is 10.6 Å². The van der Waals surface area contributed by atoms with Crippen molar-refractivity contribution in [2.24, 2.45) is 5.73 Å². The van der Waals surface area contributed by atoms with Crippen molar-refractivity contribution in [3.05, 3.63) is 24.3 Å². The highest BCUT2D eigenvalue weighted by atomic mass is 32.2. The Bertz CT molecular complexity index is 500. The van der Waals surface area contributed by atoms with Crippen LogP contribution in [0.25, 0.3) is 0 Å². The maximum absolute atomic E-state index is 12.7. The minimum atomic E-state index is -4.61. The summed E-state index contributed by atoms with van der Waals surface area (Å²) in [5.41, 5.74) is 5.76. The standard InChI is InChI=1S/C12H18F2N2O2S/c1-2-8-16(9-7-15)10-5-3-4-6-11(10)19(17,18)12(13)14/h3-6,12H,2,7-9,15H2,1H3. The van der Waals surface area contributed by atoms with E-state index in [0.29, 0.717) is 19.6 Å². The zero-order valence-corrected chi connectivity index (χ0v) is 11.5. The third-order valence-electron chi connectivity index (χ3n) is 2.64. The number of sulfone groups is 1. The molecule has 0 aromatic heterocycles. The molecule has 1 aromatic rings. The van der Waals surface area contributed by atoms with Gasteiger partial charge in [0.15, 0.2) is 0 Å². The predicted molar refractivity (Wildman–Crippen MR) is 71.2 cm³/mol. The van der Waals surface area contributed by atoms with E-state index in [9.17, 15) is 17.2 Å². The van der Waals surface area contributed by atoms with Gasteiger partial charge in [-0.2, -0.15) is 8.78 Å². The van der Waals surface area contributed by atoms with Crippen LogP contribution < -0.4 is 10.6 Å². The second kappa shape index (κ2) is 6.81.